The number of nitrogens with one attached hydrogen (secondary N) is 1. The van der Waals surface area contributed by atoms with Gasteiger partial charge in [-0.2, -0.15) is 0 Å². The lowest BCUT2D eigenvalue weighted by molar-refractivity contribution is 0.141. The number of ether oxygens (including phenoxy) is 1. The third-order valence-corrected chi connectivity index (χ3v) is 3.71. The van der Waals surface area contributed by atoms with Gasteiger partial charge in [0.2, 0.25) is 0 Å². The number of hydrogen-bond acceptors (Lipinski definition) is 3. The van der Waals surface area contributed by atoms with Crippen LogP contribution in [-0.4, -0.2) is 18.9 Å². The molecule has 0 radical (unpaired) electrons. The Morgan fingerprint density at radius 1 is 1.18 bits per heavy atom. The SMILES string of the molecule is CSc1cccc(C=CCNC(=O)OCc2ccccc2)c1. The van der Waals surface area contributed by atoms with Gasteiger partial charge in [0.1, 0.15) is 6.61 Å². The first-order valence-electron chi connectivity index (χ1n) is 7.03. The zero-order valence-corrected chi connectivity index (χ0v) is 13.3. The fourth-order valence-electron chi connectivity index (χ4n) is 1.86. The van der Waals surface area contributed by atoms with Gasteiger partial charge in [-0.25, -0.2) is 4.79 Å². The first kappa shape index (κ1) is 16.2. The van der Waals surface area contributed by atoms with E-state index in [4.69, 9.17) is 4.74 Å². The fraction of sp³-hybridized carbons (Fsp3) is 0.167. The highest BCUT2D eigenvalue weighted by molar-refractivity contribution is 7.98. The van der Waals surface area contributed by atoms with Crippen LogP contribution in [0.15, 0.2) is 65.6 Å². The molecule has 0 spiro atoms. The second-order valence-electron chi connectivity index (χ2n) is 4.62. The number of carbonyl (C=O) groups excluding carboxylic acids is 1. The van der Waals surface area contributed by atoms with E-state index in [9.17, 15) is 4.79 Å². The highest BCUT2D eigenvalue weighted by Crippen LogP contribution is 2.16. The first-order valence-corrected chi connectivity index (χ1v) is 8.25. The lowest BCUT2D eigenvalue weighted by atomic mass is 10.2. The van der Waals surface area contributed by atoms with E-state index in [0.29, 0.717) is 6.54 Å². The summed E-state index contributed by atoms with van der Waals surface area (Å²) in [7, 11) is 0. The minimum Gasteiger partial charge on any atom is -0.445 e. The topological polar surface area (TPSA) is 38.3 Å². The van der Waals surface area contributed by atoms with Crippen molar-refractivity contribution in [1.82, 2.24) is 5.32 Å². The van der Waals surface area contributed by atoms with Gasteiger partial charge in [-0.05, 0) is 29.5 Å². The first-order chi connectivity index (χ1) is 10.8. The van der Waals surface area contributed by atoms with E-state index in [2.05, 4.69) is 17.4 Å². The zero-order chi connectivity index (χ0) is 15.6. The zero-order valence-electron chi connectivity index (χ0n) is 12.5. The molecular weight excluding hydrogens is 294 g/mol. The van der Waals surface area contributed by atoms with E-state index in [1.54, 1.807) is 11.8 Å². The number of rotatable bonds is 6. The van der Waals surface area contributed by atoms with Crippen molar-refractivity contribution in [3.8, 4) is 0 Å². The van der Waals surface area contributed by atoms with Crippen LogP contribution in [0.2, 0.25) is 0 Å². The van der Waals surface area contributed by atoms with Crippen LogP contribution in [0.1, 0.15) is 11.1 Å². The normalized spacial score (nSPS) is 10.6. The van der Waals surface area contributed by atoms with Crippen molar-refractivity contribution < 1.29 is 9.53 Å². The number of hydrogen-bond donors (Lipinski definition) is 1. The maximum atomic E-state index is 11.6. The van der Waals surface area contributed by atoms with E-state index in [1.165, 1.54) is 4.90 Å². The van der Waals surface area contributed by atoms with Gasteiger partial charge >= 0.3 is 6.09 Å². The van der Waals surface area contributed by atoms with Gasteiger partial charge in [0, 0.05) is 11.4 Å². The van der Waals surface area contributed by atoms with Gasteiger partial charge in [0.05, 0.1) is 0 Å². The Bertz CT molecular complexity index is 626. The molecule has 0 aliphatic rings. The van der Waals surface area contributed by atoms with E-state index in [-0.39, 0.29) is 6.61 Å². The smallest absolute Gasteiger partial charge is 0.407 e. The molecule has 0 fully saturated rings. The molecule has 22 heavy (non-hydrogen) atoms. The molecule has 1 N–H and O–H groups in total. The van der Waals surface area contributed by atoms with Gasteiger partial charge in [-0.15, -0.1) is 11.8 Å². The Labute approximate surface area is 135 Å². The van der Waals surface area contributed by atoms with Crippen molar-refractivity contribution in [2.45, 2.75) is 11.5 Å². The molecule has 0 aliphatic heterocycles. The lowest BCUT2D eigenvalue weighted by Gasteiger charge is -2.05. The summed E-state index contributed by atoms with van der Waals surface area (Å²) < 4.78 is 5.13. The summed E-state index contributed by atoms with van der Waals surface area (Å²) in [6.45, 7) is 0.725. The molecular formula is C18H19NO2S. The van der Waals surface area contributed by atoms with Gasteiger partial charge in [-0.1, -0.05) is 54.6 Å². The van der Waals surface area contributed by atoms with Crippen LogP contribution in [0.4, 0.5) is 4.79 Å². The van der Waals surface area contributed by atoms with Crippen LogP contribution in [0, 0.1) is 0 Å². The van der Waals surface area contributed by atoms with Crippen molar-refractivity contribution in [3.63, 3.8) is 0 Å². The highest BCUT2D eigenvalue weighted by Gasteiger charge is 2.00. The molecule has 3 nitrogen and oxygen atoms in total. The average molecular weight is 313 g/mol. The molecule has 2 aromatic carbocycles. The Morgan fingerprint density at radius 3 is 2.77 bits per heavy atom. The van der Waals surface area contributed by atoms with Gasteiger partial charge in [0.15, 0.2) is 0 Å². The molecule has 114 valence electrons. The van der Waals surface area contributed by atoms with Crippen LogP contribution in [0.5, 0.6) is 0 Å². The Kier molecular flexibility index (Phi) is 6.58. The van der Waals surface area contributed by atoms with Gasteiger partial charge in [0.25, 0.3) is 0 Å². The second-order valence-corrected chi connectivity index (χ2v) is 5.50. The maximum absolute atomic E-state index is 11.6. The summed E-state index contributed by atoms with van der Waals surface area (Å²) in [6, 6.07) is 17.8. The molecule has 4 heteroatoms. The Hall–Kier alpha value is -2.20. The van der Waals surface area contributed by atoms with E-state index >= 15 is 0 Å². The van der Waals surface area contributed by atoms with Crippen molar-refractivity contribution in [1.29, 1.82) is 0 Å². The average Bonchev–Trinajstić information content (AvgIpc) is 2.58. The Morgan fingerprint density at radius 2 is 2.00 bits per heavy atom. The van der Waals surface area contributed by atoms with Crippen molar-refractivity contribution >= 4 is 23.9 Å². The Balaban J connectivity index is 1.71. The largest absolute Gasteiger partial charge is 0.445 e. The predicted octanol–water partition coefficient (Wildman–Crippen LogP) is 4.35. The van der Waals surface area contributed by atoms with Crippen molar-refractivity contribution in [2.24, 2.45) is 0 Å². The summed E-state index contributed by atoms with van der Waals surface area (Å²) in [5, 5.41) is 2.70. The molecule has 0 bridgehead atoms. The number of alkyl carbamates (subject to hydrolysis) is 1. The summed E-state index contributed by atoms with van der Waals surface area (Å²) in [6.07, 6.45) is 5.53. The lowest BCUT2D eigenvalue weighted by Crippen LogP contribution is -2.24. The molecule has 0 heterocycles. The standard InChI is InChI=1S/C18H19NO2S/c1-22-17-11-5-9-15(13-17)10-6-12-19-18(20)21-14-16-7-3-2-4-8-16/h2-11,13H,12,14H2,1H3,(H,19,20). The van der Waals surface area contributed by atoms with E-state index < -0.39 is 6.09 Å². The molecule has 0 aliphatic carbocycles. The quantitative estimate of drug-likeness (QED) is 0.806. The molecule has 1 amide bonds. The van der Waals surface area contributed by atoms with Crippen LogP contribution < -0.4 is 5.32 Å². The highest BCUT2D eigenvalue weighted by atomic mass is 32.2. The molecule has 0 saturated carbocycles. The molecule has 0 atom stereocenters. The molecule has 0 aromatic heterocycles. The second kappa shape index (κ2) is 8.95. The molecule has 2 aromatic rings. The monoisotopic (exact) mass is 313 g/mol. The third-order valence-electron chi connectivity index (χ3n) is 2.98. The van der Waals surface area contributed by atoms with Crippen LogP contribution >= 0.6 is 11.8 Å². The maximum Gasteiger partial charge on any atom is 0.407 e. The van der Waals surface area contributed by atoms with Crippen LogP contribution in [0.25, 0.3) is 6.08 Å². The third kappa shape index (κ3) is 5.66. The summed E-state index contributed by atoms with van der Waals surface area (Å²) >= 11 is 1.71. The number of benzene rings is 2. The van der Waals surface area contributed by atoms with Gasteiger partial charge in [-0.3, -0.25) is 0 Å². The van der Waals surface area contributed by atoms with Crippen molar-refractivity contribution in [3.05, 3.63) is 71.8 Å². The minimum absolute atomic E-state index is 0.284. The molecule has 0 saturated heterocycles. The number of amides is 1. The molecule has 0 unspecified atom stereocenters. The van der Waals surface area contributed by atoms with Gasteiger partial charge < -0.3 is 10.1 Å². The summed E-state index contributed by atoms with van der Waals surface area (Å²) in [5.41, 5.74) is 2.09. The van der Waals surface area contributed by atoms with E-state index in [1.807, 2.05) is 60.9 Å². The number of carbonyl (C=O) groups is 1. The minimum atomic E-state index is -0.411. The van der Waals surface area contributed by atoms with Crippen molar-refractivity contribution in [2.75, 3.05) is 12.8 Å². The summed E-state index contributed by atoms with van der Waals surface area (Å²) in [5.74, 6) is 0. The van der Waals surface area contributed by atoms with Crippen LogP contribution in [0.3, 0.4) is 0 Å². The molecule has 2 rings (SSSR count). The predicted molar refractivity (Wildman–Crippen MR) is 91.9 cm³/mol. The van der Waals surface area contributed by atoms with E-state index in [0.717, 1.165) is 11.1 Å². The summed E-state index contributed by atoms with van der Waals surface area (Å²) in [4.78, 5) is 12.8. The van der Waals surface area contributed by atoms with Crippen LogP contribution in [-0.2, 0) is 11.3 Å². The number of thioether (sulfide) groups is 1. The fourth-order valence-corrected chi connectivity index (χ4v) is 2.33.